The van der Waals surface area contributed by atoms with Crippen molar-refractivity contribution in [3.05, 3.63) is 44.8 Å². The van der Waals surface area contributed by atoms with E-state index >= 15 is 0 Å². The summed E-state index contributed by atoms with van der Waals surface area (Å²) in [6.45, 7) is 5.82. The Morgan fingerprint density at radius 3 is 2.72 bits per heavy atom. The smallest absolute Gasteiger partial charge is 0.253 e. The fourth-order valence-corrected chi connectivity index (χ4v) is 6.27. The summed E-state index contributed by atoms with van der Waals surface area (Å²) < 4.78 is 7.52. The van der Waals surface area contributed by atoms with Gasteiger partial charge in [-0.1, -0.05) is 23.9 Å². The van der Waals surface area contributed by atoms with Gasteiger partial charge in [-0.3, -0.25) is 9.36 Å². The van der Waals surface area contributed by atoms with Crippen molar-refractivity contribution in [1.29, 1.82) is 0 Å². The van der Waals surface area contributed by atoms with Crippen molar-refractivity contribution in [2.24, 2.45) is 5.10 Å². The van der Waals surface area contributed by atoms with Gasteiger partial charge in [0.15, 0.2) is 5.16 Å². The van der Waals surface area contributed by atoms with Gasteiger partial charge in [-0.05, 0) is 29.8 Å². The molecule has 2 aliphatic heterocycles. The Balaban J connectivity index is 1.32. The van der Waals surface area contributed by atoms with Gasteiger partial charge in [0.05, 0.1) is 35.6 Å². The first-order chi connectivity index (χ1) is 15.7. The zero-order valence-electron chi connectivity index (χ0n) is 17.7. The van der Waals surface area contributed by atoms with Crippen molar-refractivity contribution in [3.8, 4) is 0 Å². The Bertz CT molecular complexity index is 1070. The van der Waals surface area contributed by atoms with Crippen molar-refractivity contribution in [1.82, 2.24) is 19.8 Å². The maximum Gasteiger partial charge on any atom is 0.253 e. The molecular formula is C21H24N6O2S3. The van der Waals surface area contributed by atoms with Crippen molar-refractivity contribution >= 4 is 52.0 Å². The molecule has 0 aliphatic carbocycles. The fraction of sp³-hybridized carbons (Fsp3) is 0.429. The molecule has 0 aromatic carbocycles. The number of amides is 1. The van der Waals surface area contributed by atoms with Crippen LogP contribution >= 0.6 is 34.4 Å². The molecule has 0 spiro atoms. The lowest BCUT2D eigenvalue weighted by atomic mass is 10.1. The number of ether oxygens (including phenoxy) is 1. The second kappa shape index (κ2) is 9.74. The number of hydrazone groups is 1. The molecule has 0 radical (unpaired) electrons. The number of carbonyl (C=O) groups excluding carboxylic acids is 1. The molecule has 1 saturated heterocycles. The number of hydrogen-bond acceptors (Lipinski definition) is 9. The van der Waals surface area contributed by atoms with Crippen LogP contribution in [0.25, 0.3) is 0 Å². The number of thiophene rings is 2. The van der Waals surface area contributed by atoms with Gasteiger partial charge in [0.1, 0.15) is 0 Å². The van der Waals surface area contributed by atoms with Crippen LogP contribution in [-0.2, 0) is 16.1 Å². The van der Waals surface area contributed by atoms with E-state index in [2.05, 4.69) is 38.7 Å². The summed E-state index contributed by atoms with van der Waals surface area (Å²) in [7, 11) is 0. The highest BCUT2D eigenvalue weighted by atomic mass is 32.2. The Morgan fingerprint density at radius 1 is 1.19 bits per heavy atom. The Morgan fingerprint density at radius 2 is 2.00 bits per heavy atom. The molecule has 32 heavy (non-hydrogen) atoms. The normalized spacial score (nSPS) is 18.9. The summed E-state index contributed by atoms with van der Waals surface area (Å²) in [5, 5.41) is 20.0. The minimum atomic E-state index is -0.0480. The minimum absolute atomic E-state index is 0.0152. The molecule has 0 N–H and O–H groups in total. The standard InChI is InChI=1S/C21H24N6O2S3/c1-2-26-20(25-7-9-29-10-8-25)22-23-21(26)32-14-19(28)27-16(18-6-4-12-31-18)13-15(24-27)17-5-3-11-30-17/h3-6,11-12,16H,2,7-10,13-14H2,1H3/t16-/m1/s1. The van der Waals surface area contributed by atoms with Gasteiger partial charge < -0.3 is 9.64 Å². The van der Waals surface area contributed by atoms with Gasteiger partial charge in [-0.2, -0.15) is 5.10 Å². The molecule has 0 bridgehead atoms. The average Bonchev–Trinajstić information content (AvgIpc) is 3.63. The number of carbonyl (C=O) groups is 1. The van der Waals surface area contributed by atoms with Crippen LogP contribution in [-0.4, -0.2) is 63.4 Å². The zero-order chi connectivity index (χ0) is 21.9. The second-order valence-corrected chi connectivity index (χ2v) is 10.3. The number of aromatic nitrogens is 3. The van der Waals surface area contributed by atoms with Crippen LogP contribution in [0.15, 0.2) is 45.3 Å². The fourth-order valence-electron chi connectivity index (χ4n) is 3.89. The van der Waals surface area contributed by atoms with Gasteiger partial charge in [-0.25, -0.2) is 5.01 Å². The summed E-state index contributed by atoms with van der Waals surface area (Å²) >= 11 is 4.75. The van der Waals surface area contributed by atoms with Crippen LogP contribution in [0.2, 0.25) is 0 Å². The molecule has 3 aromatic heterocycles. The lowest BCUT2D eigenvalue weighted by molar-refractivity contribution is -0.130. The summed E-state index contributed by atoms with van der Waals surface area (Å²) in [4.78, 5) is 17.7. The Kier molecular flexibility index (Phi) is 6.58. The monoisotopic (exact) mass is 488 g/mol. The Labute approximate surface area is 198 Å². The number of hydrogen-bond donors (Lipinski definition) is 0. The van der Waals surface area contributed by atoms with Crippen LogP contribution in [0.5, 0.6) is 0 Å². The molecule has 2 aliphatic rings. The molecule has 8 nitrogen and oxygen atoms in total. The van der Waals surface area contributed by atoms with Crippen molar-refractivity contribution in [2.45, 2.75) is 31.1 Å². The highest BCUT2D eigenvalue weighted by Crippen LogP contribution is 2.36. The van der Waals surface area contributed by atoms with Crippen LogP contribution in [0, 0.1) is 0 Å². The average molecular weight is 489 g/mol. The first-order valence-electron chi connectivity index (χ1n) is 10.6. The molecule has 0 unspecified atom stereocenters. The number of nitrogens with zero attached hydrogens (tertiary/aromatic N) is 6. The lowest BCUT2D eigenvalue weighted by Crippen LogP contribution is -2.38. The van der Waals surface area contributed by atoms with E-state index in [1.807, 2.05) is 22.9 Å². The molecule has 1 fully saturated rings. The predicted octanol–water partition coefficient (Wildman–Crippen LogP) is 3.73. The van der Waals surface area contributed by atoms with Crippen LogP contribution < -0.4 is 4.90 Å². The largest absolute Gasteiger partial charge is 0.378 e. The molecule has 168 valence electrons. The molecule has 3 aromatic rings. The van der Waals surface area contributed by atoms with E-state index in [1.165, 1.54) is 11.8 Å². The molecule has 11 heteroatoms. The zero-order valence-corrected chi connectivity index (χ0v) is 20.2. The summed E-state index contributed by atoms with van der Waals surface area (Å²) in [5.41, 5.74) is 0.975. The summed E-state index contributed by atoms with van der Waals surface area (Å²) in [6, 6.07) is 8.14. The van der Waals surface area contributed by atoms with Crippen LogP contribution in [0.1, 0.15) is 29.1 Å². The van der Waals surface area contributed by atoms with E-state index in [0.29, 0.717) is 13.2 Å². The highest BCUT2D eigenvalue weighted by Gasteiger charge is 2.34. The summed E-state index contributed by atoms with van der Waals surface area (Å²) in [6.07, 6.45) is 0.740. The number of morpholine rings is 1. The van der Waals surface area contributed by atoms with Crippen molar-refractivity contribution < 1.29 is 9.53 Å². The van der Waals surface area contributed by atoms with E-state index in [1.54, 1.807) is 27.7 Å². The van der Waals surface area contributed by atoms with Gasteiger partial charge in [0, 0.05) is 30.9 Å². The molecule has 5 heterocycles. The maximum atomic E-state index is 13.3. The van der Waals surface area contributed by atoms with E-state index in [9.17, 15) is 4.79 Å². The van der Waals surface area contributed by atoms with Gasteiger partial charge in [-0.15, -0.1) is 32.9 Å². The third kappa shape index (κ3) is 4.34. The van der Waals surface area contributed by atoms with Gasteiger partial charge in [0.25, 0.3) is 5.91 Å². The van der Waals surface area contributed by atoms with Crippen molar-refractivity contribution in [2.75, 3.05) is 37.0 Å². The molecular weight excluding hydrogens is 464 g/mol. The number of thioether (sulfide) groups is 1. The number of rotatable bonds is 7. The van der Waals surface area contributed by atoms with E-state index in [-0.39, 0.29) is 17.7 Å². The molecule has 1 amide bonds. The molecule has 5 rings (SSSR count). The second-order valence-electron chi connectivity index (χ2n) is 7.41. The molecule has 1 atom stereocenters. The third-order valence-electron chi connectivity index (χ3n) is 5.48. The van der Waals surface area contributed by atoms with Gasteiger partial charge in [0.2, 0.25) is 5.95 Å². The highest BCUT2D eigenvalue weighted by molar-refractivity contribution is 7.99. The van der Waals surface area contributed by atoms with E-state index < -0.39 is 0 Å². The number of anilines is 1. The van der Waals surface area contributed by atoms with Crippen LogP contribution in [0.4, 0.5) is 5.95 Å². The lowest BCUT2D eigenvalue weighted by Gasteiger charge is -2.27. The minimum Gasteiger partial charge on any atom is -0.378 e. The summed E-state index contributed by atoms with van der Waals surface area (Å²) in [5.74, 6) is 1.10. The molecule has 0 saturated carbocycles. The first kappa shape index (κ1) is 21.6. The topological polar surface area (TPSA) is 75.9 Å². The van der Waals surface area contributed by atoms with Gasteiger partial charge >= 0.3 is 0 Å². The van der Waals surface area contributed by atoms with Crippen LogP contribution in [0.3, 0.4) is 0 Å². The SMILES string of the molecule is CCn1c(SCC(=O)N2N=C(c3cccs3)C[C@@H]2c2cccs2)nnc1N1CCOCC1. The van der Waals surface area contributed by atoms with E-state index in [4.69, 9.17) is 9.84 Å². The third-order valence-corrected chi connectivity index (χ3v) is 8.32. The van der Waals surface area contributed by atoms with E-state index in [0.717, 1.165) is 52.6 Å². The first-order valence-corrected chi connectivity index (χ1v) is 13.3. The maximum absolute atomic E-state index is 13.3. The Hall–Kier alpha value is -2.21. The van der Waals surface area contributed by atoms with Crippen molar-refractivity contribution in [3.63, 3.8) is 0 Å². The predicted molar refractivity (Wildman–Crippen MR) is 129 cm³/mol. The quantitative estimate of drug-likeness (QED) is 0.472.